The van der Waals surface area contributed by atoms with Crippen molar-refractivity contribution in [1.29, 1.82) is 0 Å². The smallest absolute Gasteiger partial charge is 0.148 e. The molecule has 0 amide bonds. The van der Waals surface area contributed by atoms with E-state index in [1.54, 1.807) is 0 Å². The average Bonchev–Trinajstić information content (AvgIpc) is 2.18. The van der Waals surface area contributed by atoms with Gasteiger partial charge in [-0.05, 0) is 19.3 Å². The first-order chi connectivity index (χ1) is 5.11. The average molecular weight is 190 g/mol. The Labute approximate surface area is 79.1 Å². The monoisotopic (exact) mass is 189 g/mol. The molecule has 0 saturated carbocycles. The number of nitrogens with two attached hydrogens (primary N) is 1. The molecule has 3 nitrogen and oxygen atoms in total. The molecule has 0 aliphatic heterocycles. The molecule has 70 valence electrons. The van der Waals surface area contributed by atoms with E-state index in [4.69, 9.17) is 5.73 Å². The number of hydrogen-bond acceptors (Lipinski definition) is 2. The fraction of sp³-hybridized carbons (Fsp3) is 0.625. The summed E-state index contributed by atoms with van der Waals surface area (Å²) in [5.41, 5.74) is 7.91. The SMILES string of the molecule is Cc1[nH]nc(N)c1CC(C)C.Cl. The van der Waals surface area contributed by atoms with Crippen molar-refractivity contribution >= 4 is 18.2 Å². The Bertz CT molecular complexity index is 223. The van der Waals surface area contributed by atoms with Crippen LogP contribution in [0.4, 0.5) is 5.82 Å². The highest BCUT2D eigenvalue weighted by Gasteiger charge is 2.07. The molecular formula is C8H16ClN3. The summed E-state index contributed by atoms with van der Waals surface area (Å²) in [4.78, 5) is 0. The van der Waals surface area contributed by atoms with Gasteiger partial charge in [-0.25, -0.2) is 0 Å². The number of H-pyrrole nitrogens is 1. The van der Waals surface area contributed by atoms with Crippen LogP contribution in [0, 0.1) is 12.8 Å². The molecule has 1 heterocycles. The molecule has 0 aromatic carbocycles. The van der Waals surface area contributed by atoms with Crippen LogP contribution in [-0.2, 0) is 6.42 Å². The maximum Gasteiger partial charge on any atom is 0.148 e. The van der Waals surface area contributed by atoms with Gasteiger partial charge in [0, 0.05) is 11.3 Å². The summed E-state index contributed by atoms with van der Waals surface area (Å²) in [5, 5.41) is 6.79. The van der Waals surface area contributed by atoms with Crippen molar-refractivity contribution < 1.29 is 0 Å². The zero-order valence-electron chi connectivity index (χ0n) is 7.72. The lowest BCUT2D eigenvalue weighted by molar-refractivity contribution is 0.646. The lowest BCUT2D eigenvalue weighted by Gasteiger charge is -2.03. The van der Waals surface area contributed by atoms with E-state index in [0.29, 0.717) is 11.7 Å². The van der Waals surface area contributed by atoms with Gasteiger partial charge in [-0.1, -0.05) is 13.8 Å². The van der Waals surface area contributed by atoms with Gasteiger partial charge in [-0.3, -0.25) is 5.10 Å². The first-order valence-electron chi connectivity index (χ1n) is 3.90. The molecule has 0 bridgehead atoms. The van der Waals surface area contributed by atoms with E-state index in [0.717, 1.165) is 12.1 Å². The fourth-order valence-corrected chi connectivity index (χ4v) is 1.14. The van der Waals surface area contributed by atoms with Gasteiger partial charge in [0.1, 0.15) is 5.82 Å². The molecule has 0 aliphatic carbocycles. The number of nitrogens with one attached hydrogen (secondary N) is 1. The predicted octanol–water partition coefficient (Wildman–Crippen LogP) is 1.92. The first kappa shape index (κ1) is 11.3. The van der Waals surface area contributed by atoms with Gasteiger partial charge in [0.05, 0.1) is 0 Å². The highest BCUT2D eigenvalue weighted by Crippen LogP contribution is 2.16. The van der Waals surface area contributed by atoms with Crippen LogP contribution in [-0.4, -0.2) is 10.2 Å². The zero-order chi connectivity index (χ0) is 8.43. The van der Waals surface area contributed by atoms with E-state index in [9.17, 15) is 0 Å². The third-order valence-corrected chi connectivity index (χ3v) is 1.72. The summed E-state index contributed by atoms with van der Waals surface area (Å²) in [6.07, 6.45) is 1.01. The second kappa shape index (κ2) is 4.36. The minimum absolute atomic E-state index is 0. The number of aromatic nitrogens is 2. The first-order valence-corrected chi connectivity index (χ1v) is 3.90. The molecule has 0 aliphatic rings. The molecule has 3 N–H and O–H groups in total. The van der Waals surface area contributed by atoms with E-state index in [1.807, 2.05) is 6.92 Å². The highest BCUT2D eigenvalue weighted by molar-refractivity contribution is 5.85. The van der Waals surface area contributed by atoms with Crippen LogP contribution < -0.4 is 5.73 Å². The molecule has 1 aromatic heterocycles. The topological polar surface area (TPSA) is 54.7 Å². The molecule has 0 radical (unpaired) electrons. The summed E-state index contributed by atoms with van der Waals surface area (Å²) in [6, 6.07) is 0. The van der Waals surface area contributed by atoms with Crippen LogP contribution in [0.5, 0.6) is 0 Å². The molecule has 1 aromatic rings. The van der Waals surface area contributed by atoms with Gasteiger partial charge in [0.25, 0.3) is 0 Å². The van der Waals surface area contributed by atoms with E-state index < -0.39 is 0 Å². The highest BCUT2D eigenvalue weighted by atomic mass is 35.5. The quantitative estimate of drug-likeness (QED) is 0.747. The number of hydrogen-bond donors (Lipinski definition) is 2. The summed E-state index contributed by atoms with van der Waals surface area (Å²) in [5.74, 6) is 1.28. The molecule has 0 atom stereocenters. The van der Waals surface area contributed by atoms with Crippen molar-refractivity contribution in [3.05, 3.63) is 11.3 Å². The second-order valence-corrected chi connectivity index (χ2v) is 3.31. The molecule has 0 saturated heterocycles. The second-order valence-electron chi connectivity index (χ2n) is 3.31. The van der Waals surface area contributed by atoms with Gasteiger partial charge in [-0.15, -0.1) is 12.4 Å². The number of halogens is 1. The summed E-state index contributed by atoms with van der Waals surface area (Å²) < 4.78 is 0. The predicted molar refractivity (Wildman–Crippen MR) is 53.5 cm³/mol. The lowest BCUT2D eigenvalue weighted by Crippen LogP contribution is -1.98. The van der Waals surface area contributed by atoms with Crippen molar-refractivity contribution in [3.8, 4) is 0 Å². The van der Waals surface area contributed by atoms with Gasteiger partial charge in [0.2, 0.25) is 0 Å². The third kappa shape index (κ3) is 2.41. The summed E-state index contributed by atoms with van der Waals surface area (Å²) in [6.45, 7) is 6.35. The number of rotatable bonds is 2. The van der Waals surface area contributed by atoms with E-state index in [2.05, 4.69) is 24.0 Å². The van der Waals surface area contributed by atoms with Crippen LogP contribution in [0.3, 0.4) is 0 Å². The van der Waals surface area contributed by atoms with Crippen molar-refractivity contribution in [1.82, 2.24) is 10.2 Å². The third-order valence-electron chi connectivity index (χ3n) is 1.72. The van der Waals surface area contributed by atoms with Crippen LogP contribution in [0.2, 0.25) is 0 Å². The normalized spacial score (nSPS) is 10.0. The maximum absolute atomic E-state index is 5.65. The van der Waals surface area contributed by atoms with Crippen molar-refractivity contribution in [2.45, 2.75) is 27.2 Å². The van der Waals surface area contributed by atoms with Gasteiger partial charge < -0.3 is 5.73 Å². The molecular weight excluding hydrogens is 174 g/mol. The number of nitrogens with zero attached hydrogens (tertiary/aromatic N) is 1. The van der Waals surface area contributed by atoms with Gasteiger partial charge >= 0.3 is 0 Å². The molecule has 0 fully saturated rings. The molecule has 4 heteroatoms. The minimum Gasteiger partial charge on any atom is -0.382 e. The van der Waals surface area contributed by atoms with E-state index >= 15 is 0 Å². The van der Waals surface area contributed by atoms with Crippen molar-refractivity contribution in [2.24, 2.45) is 5.92 Å². The number of aryl methyl sites for hydroxylation is 1. The van der Waals surface area contributed by atoms with Crippen LogP contribution in [0.1, 0.15) is 25.1 Å². The van der Waals surface area contributed by atoms with Crippen molar-refractivity contribution in [3.63, 3.8) is 0 Å². The Balaban J connectivity index is 0.00000121. The van der Waals surface area contributed by atoms with Gasteiger partial charge in [-0.2, -0.15) is 5.10 Å². The number of anilines is 1. The van der Waals surface area contributed by atoms with Crippen LogP contribution in [0.15, 0.2) is 0 Å². The van der Waals surface area contributed by atoms with Gasteiger partial charge in [0.15, 0.2) is 0 Å². The maximum atomic E-state index is 5.65. The fourth-order valence-electron chi connectivity index (χ4n) is 1.14. The van der Waals surface area contributed by atoms with E-state index in [-0.39, 0.29) is 12.4 Å². The summed E-state index contributed by atoms with van der Waals surface area (Å²) in [7, 11) is 0. The Morgan fingerprint density at radius 1 is 1.50 bits per heavy atom. The molecule has 0 spiro atoms. The molecule has 0 unspecified atom stereocenters. The molecule has 12 heavy (non-hydrogen) atoms. The van der Waals surface area contributed by atoms with E-state index in [1.165, 1.54) is 5.56 Å². The Morgan fingerprint density at radius 2 is 2.08 bits per heavy atom. The standard InChI is InChI=1S/C8H15N3.ClH/c1-5(2)4-7-6(3)10-11-8(7)9;/h5H,4H2,1-3H3,(H3,9,10,11);1H. The van der Waals surface area contributed by atoms with Crippen LogP contribution in [0.25, 0.3) is 0 Å². The van der Waals surface area contributed by atoms with Crippen molar-refractivity contribution in [2.75, 3.05) is 5.73 Å². The number of nitrogen functional groups attached to an aromatic ring is 1. The number of aromatic amines is 1. The van der Waals surface area contributed by atoms with Crippen LogP contribution >= 0.6 is 12.4 Å². The Hall–Kier alpha value is -0.700. The Kier molecular flexibility index (Phi) is 4.10. The largest absolute Gasteiger partial charge is 0.382 e. The minimum atomic E-state index is 0. The Morgan fingerprint density at radius 3 is 2.42 bits per heavy atom. The molecule has 1 rings (SSSR count). The zero-order valence-corrected chi connectivity index (χ0v) is 8.53. The lowest BCUT2D eigenvalue weighted by atomic mass is 10.0. The summed E-state index contributed by atoms with van der Waals surface area (Å²) >= 11 is 0.